The highest BCUT2D eigenvalue weighted by atomic mass is 32.1. The summed E-state index contributed by atoms with van der Waals surface area (Å²) in [5, 5.41) is 14.2. The molecule has 1 aromatic carbocycles. The molecule has 0 bridgehead atoms. The van der Waals surface area contributed by atoms with Gasteiger partial charge in [0.25, 0.3) is 5.91 Å². The van der Waals surface area contributed by atoms with Gasteiger partial charge >= 0.3 is 6.18 Å². The normalized spacial score (nSPS) is 14.9. The lowest BCUT2D eigenvalue weighted by Gasteiger charge is -2.09. The molecule has 0 radical (unpaired) electrons. The molecule has 4 nitrogen and oxygen atoms in total. The fourth-order valence-corrected chi connectivity index (χ4v) is 3.10. The van der Waals surface area contributed by atoms with E-state index < -0.39 is 17.6 Å². The lowest BCUT2D eigenvalue weighted by atomic mass is 10.1. The number of anilines is 1. The Bertz CT molecular complexity index is 876. The SMILES string of the molecule is N#CC(=Cc1csc(C2CC2)n1)C(=O)Nc1cccc(C(F)(F)F)c1. The van der Waals surface area contributed by atoms with Crippen LogP contribution in [0.4, 0.5) is 18.9 Å². The van der Waals surface area contributed by atoms with E-state index in [1.807, 2.05) is 0 Å². The van der Waals surface area contributed by atoms with Crippen LogP contribution in [0.3, 0.4) is 0 Å². The Kier molecular flexibility index (Phi) is 4.59. The number of alkyl halides is 3. The summed E-state index contributed by atoms with van der Waals surface area (Å²) < 4.78 is 38.1. The van der Waals surface area contributed by atoms with Gasteiger partial charge in [-0.3, -0.25) is 4.79 Å². The van der Waals surface area contributed by atoms with Gasteiger partial charge in [0, 0.05) is 17.0 Å². The van der Waals surface area contributed by atoms with E-state index >= 15 is 0 Å². The van der Waals surface area contributed by atoms with Crippen molar-refractivity contribution in [2.24, 2.45) is 0 Å². The number of nitrogens with one attached hydrogen (secondary N) is 1. The van der Waals surface area contributed by atoms with Gasteiger partial charge in [-0.15, -0.1) is 11.3 Å². The second-order valence-electron chi connectivity index (χ2n) is 5.59. The smallest absolute Gasteiger partial charge is 0.321 e. The molecule has 1 saturated carbocycles. The molecule has 0 spiro atoms. The molecule has 1 aliphatic carbocycles. The molecule has 25 heavy (non-hydrogen) atoms. The number of hydrogen-bond acceptors (Lipinski definition) is 4. The molecule has 1 heterocycles. The summed E-state index contributed by atoms with van der Waals surface area (Å²) in [7, 11) is 0. The van der Waals surface area contributed by atoms with Crippen LogP contribution in [-0.4, -0.2) is 10.9 Å². The molecular weight excluding hydrogens is 351 g/mol. The Labute approximate surface area is 145 Å². The number of carbonyl (C=O) groups excluding carboxylic acids is 1. The standard InChI is InChI=1S/C17H12F3N3OS/c18-17(19,20)12-2-1-3-13(7-12)22-15(24)11(8-21)6-14-9-25-16(23-14)10-4-5-10/h1-3,6-7,9-10H,4-5H2,(H,22,24). The number of halogens is 3. The minimum Gasteiger partial charge on any atom is -0.321 e. The van der Waals surface area contributed by atoms with E-state index in [1.54, 1.807) is 11.4 Å². The molecule has 1 fully saturated rings. The maximum absolute atomic E-state index is 12.7. The highest BCUT2D eigenvalue weighted by Crippen LogP contribution is 2.41. The minimum atomic E-state index is -4.51. The lowest BCUT2D eigenvalue weighted by molar-refractivity contribution is -0.137. The third-order valence-corrected chi connectivity index (χ3v) is 4.60. The van der Waals surface area contributed by atoms with Crippen molar-refractivity contribution in [2.75, 3.05) is 5.32 Å². The molecular formula is C17H12F3N3OS. The van der Waals surface area contributed by atoms with E-state index in [0.717, 1.165) is 30.0 Å². The maximum Gasteiger partial charge on any atom is 0.416 e. The summed E-state index contributed by atoms with van der Waals surface area (Å²) in [6, 6.07) is 6.01. The summed E-state index contributed by atoms with van der Waals surface area (Å²) in [5.41, 5.74) is -0.619. The zero-order valence-electron chi connectivity index (χ0n) is 12.8. The molecule has 1 aromatic heterocycles. The van der Waals surface area contributed by atoms with Gasteiger partial charge in [0.15, 0.2) is 0 Å². The Morgan fingerprint density at radius 1 is 1.40 bits per heavy atom. The number of nitrogens with zero attached hydrogens (tertiary/aromatic N) is 2. The fourth-order valence-electron chi connectivity index (χ4n) is 2.15. The number of benzene rings is 1. The molecule has 8 heteroatoms. The maximum atomic E-state index is 12.7. The van der Waals surface area contributed by atoms with Crippen molar-refractivity contribution in [1.82, 2.24) is 4.98 Å². The number of rotatable bonds is 4. The second-order valence-corrected chi connectivity index (χ2v) is 6.48. The van der Waals surface area contributed by atoms with Crippen LogP contribution in [0.15, 0.2) is 35.2 Å². The van der Waals surface area contributed by atoms with Crippen molar-refractivity contribution in [3.05, 3.63) is 51.5 Å². The van der Waals surface area contributed by atoms with Crippen LogP contribution >= 0.6 is 11.3 Å². The zero-order chi connectivity index (χ0) is 18.0. The van der Waals surface area contributed by atoms with E-state index in [9.17, 15) is 18.0 Å². The number of nitriles is 1. The van der Waals surface area contributed by atoms with Crippen molar-refractivity contribution in [2.45, 2.75) is 24.9 Å². The molecule has 0 aliphatic heterocycles. The minimum absolute atomic E-state index is 0.0297. The highest BCUT2D eigenvalue weighted by molar-refractivity contribution is 7.09. The van der Waals surface area contributed by atoms with Crippen LogP contribution in [0.5, 0.6) is 0 Å². The zero-order valence-corrected chi connectivity index (χ0v) is 13.6. The quantitative estimate of drug-likeness (QED) is 0.638. The van der Waals surface area contributed by atoms with Gasteiger partial charge in [-0.25, -0.2) is 4.98 Å². The van der Waals surface area contributed by atoms with E-state index in [-0.39, 0.29) is 11.3 Å². The van der Waals surface area contributed by atoms with Crippen molar-refractivity contribution in [3.63, 3.8) is 0 Å². The molecule has 128 valence electrons. The van der Waals surface area contributed by atoms with Gasteiger partial charge in [-0.1, -0.05) is 6.07 Å². The third kappa shape index (κ3) is 4.25. The van der Waals surface area contributed by atoms with Crippen LogP contribution in [-0.2, 0) is 11.0 Å². The summed E-state index contributed by atoms with van der Waals surface area (Å²) in [5.74, 6) is -0.306. The number of carbonyl (C=O) groups is 1. The van der Waals surface area contributed by atoms with E-state index in [0.29, 0.717) is 11.6 Å². The summed E-state index contributed by atoms with van der Waals surface area (Å²) in [4.78, 5) is 16.5. The van der Waals surface area contributed by atoms with Gasteiger partial charge in [0.2, 0.25) is 0 Å². The third-order valence-electron chi connectivity index (χ3n) is 3.57. The molecule has 1 aliphatic rings. The number of aromatic nitrogens is 1. The molecule has 0 saturated heterocycles. The van der Waals surface area contributed by atoms with E-state index in [4.69, 9.17) is 5.26 Å². The topological polar surface area (TPSA) is 65.8 Å². The molecule has 1 amide bonds. The predicted octanol–water partition coefficient (Wildman–Crippen LogP) is 4.58. The molecule has 1 N–H and O–H groups in total. The van der Waals surface area contributed by atoms with Gasteiger partial charge in [0.1, 0.15) is 11.6 Å². The summed E-state index contributed by atoms with van der Waals surface area (Å²) in [6.45, 7) is 0. The van der Waals surface area contributed by atoms with Gasteiger partial charge in [-0.2, -0.15) is 18.4 Å². The number of thiazole rings is 1. The van der Waals surface area contributed by atoms with Crippen molar-refractivity contribution >= 4 is 29.0 Å². The highest BCUT2D eigenvalue weighted by Gasteiger charge is 2.30. The Balaban J connectivity index is 1.76. The molecule has 0 unspecified atom stereocenters. The van der Waals surface area contributed by atoms with Crippen molar-refractivity contribution in [1.29, 1.82) is 5.26 Å². The summed E-state index contributed by atoms with van der Waals surface area (Å²) in [6.07, 6.45) is -0.977. The van der Waals surface area contributed by atoms with E-state index in [2.05, 4.69) is 10.3 Å². The first kappa shape index (κ1) is 17.2. The van der Waals surface area contributed by atoms with Crippen LogP contribution in [0.25, 0.3) is 6.08 Å². The van der Waals surface area contributed by atoms with Crippen LogP contribution < -0.4 is 5.32 Å². The van der Waals surface area contributed by atoms with Crippen LogP contribution in [0.2, 0.25) is 0 Å². The Morgan fingerprint density at radius 3 is 2.80 bits per heavy atom. The van der Waals surface area contributed by atoms with Crippen molar-refractivity contribution < 1.29 is 18.0 Å². The number of hydrogen-bond donors (Lipinski definition) is 1. The first-order chi connectivity index (χ1) is 11.9. The Morgan fingerprint density at radius 2 is 2.16 bits per heavy atom. The van der Waals surface area contributed by atoms with Gasteiger partial charge in [0.05, 0.1) is 16.3 Å². The first-order valence-corrected chi connectivity index (χ1v) is 8.30. The fraction of sp³-hybridized carbons (Fsp3) is 0.235. The molecule has 3 rings (SSSR count). The van der Waals surface area contributed by atoms with Gasteiger partial charge < -0.3 is 5.32 Å². The Hall–Kier alpha value is -2.66. The lowest BCUT2D eigenvalue weighted by Crippen LogP contribution is -2.14. The first-order valence-electron chi connectivity index (χ1n) is 7.42. The van der Waals surface area contributed by atoms with Crippen molar-refractivity contribution in [3.8, 4) is 6.07 Å². The predicted molar refractivity (Wildman–Crippen MR) is 87.8 cm³/mol. The van der Waals surface area contributed by atoms with Crippen LogP contribution in [0.1, 0.15) is 35.0 Å². The average Bonchev–Trinajstić information content (AvgIpc) is 3.31. The second kappa shape index (κ2) is 6.69. The molecule has 2 aromatic rings. The summed E-state index contributed by atoms with van der Waals surface area (Å²) >= 11 is 1.47. The molecule has 0 atom stereocenters. The average molecular weight is 363 g/mol. The van der Waals surface area contributed by atoms with Crippen LogP contribution in [0, 0.1) is 11.3 Å². The largest absolute Gasteiger partial charge is 0.416 e. The van der Waals surface area contributed by atoms with Gasteiger partial charge in [-0.05, 0) is 37.1 Å². The monoisotopic (exact) mass is 363 g/mol. The number of amides is 1. The van der Waals surface area contributed by atoms with E-state index in [1.165, 1.54) is 29.5 Å².